The van der Waals surface area contributed by atoms with E-state index in [4.69, 9.17) is 0 Å². The van der Waals surface area contributed by atoms with Crippen molar-refractivity contribution in [2.24, 2.45) is 0 Å². The second kappa shape index (κ2) is 10.3. The molecule has 2 amide bonds. The van der Waals surface area contributed by atoms with E-state index < -0.39 is 0 Å². The van der Waals surface area contributed by atoms with Gasteiger partial charge in [0, 0.05) is 18.3 Å². The fourth-order valence-corrected chi connectivity index (χ4v) is 3.97. The van der Waals surface area contributed by atoms with Gasteiger partial charge in [-0.25, -0.2) is 0 Å². The molecule has 0 unspecified atom stereocenters. The van der Waals surface area contributed by atoms with Crippen LogP contribution in [-0.2, 0) is 9.59 Å². The summed E-state index contributed by atoms with van der Waals surface area (Å²) in [5.41, 5.74) is 2.11. The van der Waals surface area contributed by atoms with Crippen LogP contribution in [0.3, 0.4) is 0 Å². The van der Waals surface area contributed by atoms with E-state index in [0.717, 1.165) is 11.3 Å². The van der Waals surface area contributed by atoms with Crippen LogP contribution in [0.4, 0.5) is 10.8 Å². The zero-order valence-corrected chi connectivity index (χ0v) is 17.6. The van der Waals surface area contributed by atoms with Crippen molar-refractivity contribution in [2.75, 3.05) is 24.2 Å². The number of thioether (sulfide) groups is 1. The Balaban J connectivity index is 1.85. The number of amides is 2. The topological polar surface area (TPSA) is 87.2 Å². The Kier molecular flexibility index (Phi) is 8.05. The van der Waals surface area contributed by atoms with Crippen molar-refractivity contribution in [3.8, 4) is 0 Å². The van der Waals surface area contributed by atoms with Crippen LogP contribution < -0.4 is 10.6 Å². The number of benzene rings is 1. The lowest BCUT2D eigenvalue weighted by Gasteiger charge is -2.20. The maximum atomic E-state index is 12.4. The molecular weight excluding hydrogens is 382 g/mol. The summed E-state index contributed by atoms with van der Waals surface area (Å²) in [6.45, 7) is 8.23. The van der Waals surface area contributed by atoms with Gasteiger partial charge in [0.1, 0.15) is 0 Å². The Hall–Kier alpha value is -2.13. The van der Waals surface area contributed by atoms with Crippen LogP contribution in [0.25, 0.3) is 0 Å². The third kappa shape index (κ3) is 7.18. The first-order chi connectivity index (χ1) is 12.9. The van der Waals surface area contributed by atoms with Crippen molar-refractivity contribution in [2.45, 2.75) is 38.1 Å². The first-order valence-corrected chi connectivity index (χ1v) is 10.5. The lowest BCUT2D eigenvalue weighted by molar-refractivity contribution is -0.134. The third-order valence-corrected chi connectivity index (χ3v) is 5.47. The van der Waals surface area contributed by atoms with Crippen LogP contribution in [0.1, 0.15) is 26.3 Å². The fourth-order valence-electron chi connectivity index (χ4n) is 2.30. The Morgan fingerprint density at radius 3 is 2.74 bits per heavy atom. The van der Waals surface area contributed by atoms with Crippen LogP contribution in [-0.4, -0.2) is 51.8 Å². The Labute approximate surface area is 167 Å². The van der Waals surface area contributed by atoms with E-state index in [1.807, 2.05) is 52.0 Å². The highest BCUT2D eigenvalue weighted by atomic mass is 32.2. The van der Waals surface area contributed by atoms with Gasteiger partial charge in [0.15, 0.2) is 4.34 Å². The summed E-state index contributed by atoms with van der Waals surface area (Å²) >= 11 is 2.73. The molecule has 2 N–H and O–H groups in total. The zero-order valence-electron chi connectivity index (χ0n) is 16.0. The predicted molar refractivity (Wildman–Crippen MR) is 111 cm³/mol. The van der Waals surface area contributed by atoms with Gasteiger partial charge in [0.05, 0.1) is 12.3 Å². The van der Waals surface area contributed by atoms with Crippen molar-refractivity contribution >= 4 is 45.7 Å². The average Bonchev–Trinajstić information content (AvgIpc) is 3.04. The van der Waals surface area contributed by atoms with Crippen LogP contribution in [0.2, 0.25) is 0 Å². The molecule has 0 spiro atoms. The first-order valence-electron chi connectivity index (χ1n) is 8.74. The van der Waals surface area contributed by atoms with E-state index in [0.29, 0.717) is 16.0 Å². The van der Waals surface area contributed by atoms with E-state index in [1.54, 1.807) is 0 Å². The van der Waals surface area contributed by atoms with Gasteiger partial charge in [-0.3, -0.25) is 9.59 Å². The zero-order chi connectivity index (χ0) is 19.8. The predicted octanol–water partition coefficient (Wildman–Crippen LogP) is 3.06. The second-order valence-corrected chi connectivity index (χ2v) is 8.49. The van der Waals surface area contributed by atoms with E-state index >= 15 is 0 Å². The molecular formula is C18H25N5O2S2. The number of nitrogens with one attached hydrogen (secondary N) is 2. The van der Waals surface area contributed by atoms with Crippen LogP contribution in [0.5, 0.6) is 0 Å². The standard InChI is InChI=1S/C18H25N5O2S2/c1-5-23(10-15(24)19-12(2)3)16(25)11-26-18-22-21-17(27-18)20-14-8-6-7-13(4)9-14/h6-9,12H,5,10-11H2,1-4H3,(H,19,24)(H,20,21). The van der Waals surface area contributed by atoms with Crippen molar-refractivity contribution in [1.82, 2.24) is 20.4 Å². The largest absolute Gasteiger partial charge is 0.352 e. The quantitative estimate of drug-likeness (QED) is 0.621. The molecule has 1 aromatic heterocycles. The van der Waals surface area contributed by atoms with Crippen molar-refractivity contribution in [1.29, 1.82) is 0 Å². The summed E-state index contributed by atoms with van der Waals surface area (Å²) in [7, 11) is 0. The number of aromatic nitrogens is 2. The molecule has 0 aliphatic heterocycles. The molecule has 146 valence electrons. The summed E-state index contributed by atoms with van der Waals surface area (Å²) in [6.07, 6.45) is 0. The summed E-state index contributed by atoms with van der Waals surface area (Å²) in [5.74, 6) is -0.0161. The molecule has 9 heteroatoms. The van der Waals surface area contributed by atoms with Crippen molar-refractivity contribution in [3.63, 3.8) is 0 Å². The SMILES string of the molecule is CCN(CC(=O)NC(C)C)C(=O)CSc1nnc(Nc2cccc(C)c2)s1. The molecule has 0 aliphatic rings. The first kappa shape index (κ1) is 21.2. The molecule has 0 saturated carbocycles. The molecule has 27 heavy (non-hydrogen) atoms. The number of anilines is 2. The highest BCUT2D eigenvalue weighted by Gasteiger charge is 2.17. The van der Waals surface area contributed by atoms with Gasteiger partial charge < -0.3 is 15.5 Å². The number of nitrogens with zero attached hydrogens (tertiary/aromatic N) is 3. The van der Waals surface area contributed by atoms with Crippen molar-refractivity contribution in [3.05, 3.63) is 29.8 Å². The highest BCUT2D eigenvalue weighted by molar-refractivity contribution is 8.01. The number of hydrogen-bond acceptors (Lipinski definition) is 7. The fraction of sp³-hybridized carbons (Fsp3) is 0.444. The van der Waals surface area contributed by atoms with Gasteiger partial charge in [0.2, 0.25) is 16.9 Å². The molecule has 7 nitrogen and oxygen atoms in total. The molecule has 0 aliphatic carbocycles. The number of aryl methyl sites for hydroxylation is 1. The molecule has 2 rings (SSSR count). The molecule has 0 fully saturated rings. The van der Waals surface area contributed by atoms with Crippen LogP contribution >= 0.6 is 23.1 Å². The van der Waals surface area contributed by atoms with Gasteiger partial charge in [0.25, 0.3) is 0 Å². The molecule has 0 bridgehead atoms. The molecule has 1 heterocycles. The molecule has 2 aromatic rings. The van der Waals surface area contributed by atoms with E-state index in [9.17, 15) is 9.59 Å². The minimum Gasteiger partial charge on any atom is -0.352 e. The maximum absolute atomic E-state index is 12.4. The number of likely N-dealkylation sites (N-methyl/N-ethyl adjacent to an activating group) is 1. The van der Waals surface area contributed by atoms with Gasteiger partial charge in [-0.15, -0.1) is 10.2 Å². The van der Waals surface area contributed by atoms with Crippen molar-refractivity contribution < 1.29 is 9.59 Å². The van der Waals surface area contributed by atoms with Gasteiger partial charge in [-0.2, -0.15) is 0 Å². The number of rotatable bonds is 9. The lowest BCUT2D eigenvalue weighted by atomic mass is 10.2. The molecule has 1 aromatic carbocycles. The molecule has 0 atom stereocenters. The summed E-state index contributed by atoms with van der Waals surface area (Å²) in [4.78, 5) is 25.8. The summed E-state index contributed by atoms with van der Waals surface area (Å²) in [5, 5.41) is 14.9. The van der Waals surface area contributed by atoms with E-state index in [2.05, 4.69) is 20.8 Å². The Morgan fingerprint density at radius 1 is 1.30 bits per heavy atom. The monoisotopic (exact) mass is 407 g/mol. The summed E-state index contributed by atoms with van der Waals surface area (Å²) < 4.78 is 0.709. The second-order valence-electron chi connectivity index (χ2n) is 6.29. The van der Waals surface area contributed by atoms with E-state index in [-0.39, 0.29) is 30.2 Å². The Morgan fingerprint density at radius 2 is 2.07 bits per heavy atom. The average molecular weight is 408 g/mol. The van der Waals surface area contributed by atoms with Gasteiger partial charge >= 0.3 is 0 Å². The third-order valence-electron chi connectivity index (χ3n) is 3.51. The van der Waals surface area contributed by atoms with E-state index in [1.165, 1.54) is 28.0 Å². The number of carbonyl (C=O) groups is 2. The van der Waals surface area contributed by atoms with Crippen LogP contribution in [0, 0.1) is 6.92 Å². The Bertz CT molecular complexity index is 779. The number of carbonyl (C=O) groups excluding carboxylic acids is 2. The lowest BCUT2D eigenvalue weighted by Crippen LogP contribution is -2.43. The van der Waals surface area contributed by atoms with Gasteiger partial charge in [-0.1, -0.05) is 35.2 Å². The smallest absolute Gasteiger partial charge is 0.239 e. The van der Waals surface area contributed by atoms with Gasteiger partial charge in [-0.05, 0) is 45.4 Å². The normalized spacial score (nSPS) is 10.7. The minimum absolute atomic E-state index is 0.0569. The number of hydrogen-bond donors (Lipinski definition) is 2. The summed E-state index contributed by atoms with van der Waals surface area (Å²) in [6, 6.07) is 8.05. The molecule has 0 saturated heterocycles. The highest BCUT2D eigenvalue weighted by Crippen LogP contribution is 2.28. The molecule has 0 radical (unpaired) electrons. The van der Waals surface area contributed by atoms with Crippen LogP contribution in [0.15, 0.2) is 28.6 Å². The maximum Gasteiger partial charge on any atom is 0.239 e. The minimum atomic E-state index is -0.147.